The lowest BCUT2D eigenvalue weighted by molar-refractivity contribution is -0.138. The van der Waals surface area contributed by atoms with Gasteiger partial charge in [0.1, 0.15) is 17.7 Å². The van der Waals surface area contributed by atoms with Gasteiger partial charge in [-0.3, -0.25) is 4.90 Å². The van der Waals surface area contributed by atoms with Crippen LogP contribution in [0.1, 0.15) is 17.2 Å². The Balaban J connectivity index is 2.58. The fraction of sp³-hybridized carbons (Fsp3) is 0.231. The monoisotopic (exact) mass is 299 g/mol. The highest BCUT2D eigenvalue weighted by atomic mass is 19.4. The molecule has 1 aliphatic heterocycles. The van der Waals surface area contributed by atoms with Gasteiger partial charge in [0.25, 0.3) is 0 Å². The molecule has 4 nitrogen and oxygen atoms in total. The third-order valence-corrected chi connectivity index (χ3v) is 2.94. The fourth-order valence-corrected chi connectivity index (χ4v) is 2.10. The summed E-state index contributed by atoms with van der Waals surface area (Å²) in [6.45, 7) is -0.262. The number of carbonyl (C=O) groups excluding carboxylic acids is 1. The number of amides is 2. The van der Waals surface area contributed by atoms with Crippen molar-refractivity contribution in [3.05, 3.63) is 35.1 Å². The van der Waals surface area contributed by atoms with Gasteiger partial charge in [-0.2, -0.15) is 18.2 Å². The topological polar surface area (TPSA) is 58.7 Å². The van der Waals surface area contributed by atoms with Gasteiger partial charge < -0.3 is 5.73 Å². The van der Waals surface area contributed by atoms with Gasteiger partial charge >= 0.3 is 12.2 Å². The Morgan fingerprint density at radius 3 is 2.67 bits per heavy atom. The molecule has 2 amide bonds. The Labute approximate surface area is 117 Å². The molecule has 1 aromatic carbocycles. The van der Waals surface area contributed by atoms with E-state index < -0.39 is 29.6 Å². The summed E-state index contributed by atoms with van der Waals surface area (Å²) in [5, 5.41) is 0. The Kier molecular flexibility index (Phi) is 3.60. The van der Waals surface area contributed by atoms with Crippen LogP contribution in [-0.4, -0.2) is 23.3 Å². The highest BCUT2D eigenvalue weighted by molar-refractivity contribution is 6.03. The lowest BCUT2D eigenvalue weighted by atomic mass is 9.98. The number of amidine groups is 1. The van der Waals surface area contributed by atoms with Crippen LogP contribution in [0.3, 0.4) is 0 Å². The molecule has 1 aliphatic rings. The van der Waals surface area contributed by atoms with Crippen LogP contribution >= 0.6 is 0 Å². The first-order chi connectivity index (χ1) is 9.75. The Bertz CT molecular complexity index is 660. The number of benzene rings is 1. The molecular weight excluding hydrogens is 290 g/mol. The first-order valence-corrected chi connectivity index (χ1v) is 5.70. The minimum absolute atomic E-state index is 0.262. The number of nitrogens with zero attached hydrogens (tertiary/aromatic N) is 2. The molecule has 1 heterocycles. The molecule has 21 heavy (non-hydrogen) atoms. The van der Waals surface area contributed by atoms with Gasteiger partial charge in [0.15, 0.2) is 0 Å². The smallest absolute Gasteiger partial charge is 0.385 e. The average molecular weight is 299 g/mol. The van der Waals surface area contributed by atoms with Crippen molar-refractivity contribution in [2.75, 3.05) is 6.54 Å². The summed E-state index contributed by atoms with van der Waals surface area (Å²) in [6, 6.07) is 0.0419. The summed E-state index contributed by atoms with van der Waals surface area (Å²) in [5.41, 5.74) is 3.94. The van der Waals surface area contributed by atoms with Crippen molar-refractivity contribution < 1.29 is 22.4 Å². The number of rotatable bonds is 2. The third kappa shape index (κ3) is 2.67. The van der Waals surface area contributed by atoms with Crippen LogP contribution in [-0.2, 0) is 6.18 Å². The number of halogens is 4. The minimum Gasteiger partial charge on any atom is -0.385 e. The molecule has 0 aromatic heterocycles. The second kappa shape index (κ2) is 5.09. The van der Waals surface area contributed by atoms with E-state index in [1.807, 2.05) is 0 Å². The first-order valence-electron chi connectivity index (χ1n) is 5.70. The second-order valence-corrected chi connectivity index (χ2v) is 4.28. The number of aliphatic imine (C=N–C) groups is 1. The number of terminal acetylenes is 1. The molecule has 110 valence electrons. The fourth-order valence-electron chi connectivity index (χ4n) is 2.10. The van der Waals surface area contributed by atoms with Gasteiger partial charge in [-0.15, -0.1) is 6.42 Å². The van der Waals surface area contributed by atoms with E-state index in [9.17, 15) is 22.4 Å². The van der Waals surface area contributed by atoms with E-state index in [-0.39, 0.29) is 17.9 Å². The van der Waals surface area contributed by atoms with E-state index in [2.05, 4.69) is 10.9 Å². The second-order valence-electron chi connectivity index (χ2n) is 4.28. The molecule has 1 unspecified atom stereocenters. The van der Waals surface area contributed by atoms with E-state index in [1.165, 1.54) is 0 Å². The van der Waals surface area contributed by atoms with Crippen molar-refractivity contribution in [2.45, 2.75) is 12.2 Å². The largest absolute Gasteiger partial charge is 0.416 e. The van der Waals surface area contributed by atoms with E-state index in [4.69, 9.17) is 12.2 Å². The Morgan fingerprint density at radius 1 is 1.43 bits per heavy atom. The normalized spacial score (nSPS) is 18.6. The van der Waals surface area contributed by atoms with E-state index >= 15 is 0 Å². The molecule has 1 aromatic rings. The van der Waals surface area contributed by atoms with E-state index in [1.54, 1.807) is 0 Å². The average Bonchev–Trinajstić information content (AvgIpc) is 2.64. The molecule has 2 rings (SSSR count). The van der Waals surface area contributed by atoms with Crippen LogP contribution in [0, 0.1) is 18.2 Å². The minimum atomic E-state index is -4.80. The van der Waals surface area contributed by atoms with Crippen LogP contribution in [0.2, 0.25) is 0 Å². The van der Waals surface area contributed by atoms with Crippen molar-refractivity contribution in [3.63, 3.8) is 0 Å². The summed E-state index contributed by atoms with van der Waals surface area (Å²) < 4.78 is 52.2. The lowest BCUT2D eigenvalue weighted by Crippen LogP contribution is -2.35. The molecule has 0 fully saturated rings. The molecule has 8 heteroatoms. The summed E-state index contributed by atoms with van der Waals surface area (Å²) >= 11 is 0. The zero-order valence-electron chi connectivity index (χ0n) is 10.5. The maximum atomic E-state index is 13.1. The maximum Gasteiger partial charge on any atom is 0.416 e. The van der Waals surface area contributed by atoms with Crippen LogP contribution in [0.4, 0.5) is 22.4 Å². The highest BCUT2D eigenvalue weighted by Crippen LogP contribution is 2.38. The van der Waals surface area contributed by atoms with Crippen LogP contribution < -0.4 is 5.73 Å². The summed E-state index contributed by atoms with van der Waals surface area (Å²) in [5.74, 6) is 0.791. The molecular formula is C13H9F4N3O. The van der Waals surface area contributed by atoms with Gasteiger partial charge in [0.2, 0.25) is 0 Å². The number of alkyl halides is 3. The zero-order valence-corrected chi connectivity index (χ0v) is 10.5. The van der Waals surface area contributed by atoms with Gasteiger partial charge in [0, 0.05) is 0 Å². The quantitative estimate of drug-likeness (QED) is 0.673. The first kappa shape index (κ1) is 14.8. The molecule has 0 saturated heterocycles. The van der Waals surface area contributed by atoms with Gasteiger partial charge in [-0.1, -0.05) is 12.0 Å². The predicted octanol–water partition coefficient (Wildman–Crippen LogP) is 2.31. The van der Waals surface area contributed by atoms with Crippen molar-refractivity contribution in [1.29, 1.82) is 0 Å². The molecule has 0 radical (unpaired) electrons. The molecule has 0 spiro atoms. The zero-order chi connectivity index (χ0) is 15.8. The van der Waals surface area contributed by atoms with Gasteiger partial charge in [-0.25, -0.2) is 9.18 Å². The summed E-state index contributed by atoms with van der Waals surface area (Å²) in [6.07, 6.45) is 0.286. The standard InChI is InChI=1S/C13H9F4N3O/c1-2-5-20-10(11(18)19-12(20)21)8-4-3-7(14)6-9(8)13(15,16)17/h1,3-4,6,10H,5H2,(H2,18,19,21). The SMILES string of the molecule is C#CCN1C(=O)N=C(N)C1c1ccc(F)cc1C(F)(F)F. The number of hydrogen-bond acceptors (Lipinski definition) is 2. The summed E-state index contributed by atoms with van der Waals surface area (Å²) in [4.78, 5) is 15.9. The van der Waals surface area contributed by atoms with E-state index in [0.29, 0.717) is 6.07 Å². The molecule has 0 aliphatic carbocycles. The van der Waals surface area contributed by atoms with Crippen molar-refractivity contribution in [1.82, 2.24) is 4.90 Å². The Hall–Kier alpha value is -2.56. The third-order valence-electron chi connectivity index (χ3n) is 2.94. The predicted molar refractivity (Wildman–Crippen MR) is 66.7 cm³/mol. The number of hydrogen-bond donors (Lipinski definition) is 1. The van der Waals surface area contributed by atoms with Crippen molar-refractivity contribution >= 4 is 11.9 Å². The molecule has 2 N–H and O–H groups in total. The Morgan fingerprint density at radius 2 is 2.10 bits per heavy atom. The van der Waals surface area contributed by atoms with Crippen molar-refractivity contribution in [3.8, 4) is 12.3 Å². The number of urea groups is 1. The molecule has 0 bridgehead atoms. The lowest BCUT2D eigenvalue weighted by Gasteiger charge is -2.25. The number of nitrogens with two attached hydrogens (primary N) is 1. The van der Waals surface area contributed by atoms with Crippen LogP contribution in [0.15, 0.2) is 23.2 Å². The maximum absolute atomic E-state index is 13.1. The van der Waals surface area contributed by atoms with E-state index in [0.717, 1.165) is 17.0 Å². The highest BCUT2D eigenvalue weighted by Gasteiger charge is 2.41. The molecule has 0 saturated carbocycles. The van der Waals surface area contributed by atoms with Crippen molar-refractivity contribution in [2.24, 2.45) is 10.7 Å². The number of carbonyl (C=O) groups is 1. The van der Waals surface area contributed by atoms with Crippen LogP contribution in [0.5, 0.6) is 0 Å². The van der Waals surface area contributed by atoms with Gasteiger partial charge in [-0.05, 0) is 17.7 Å². The summed E-state index contributed by atoms with van der Waals surface area (Å²) in [7, 11) is 0. The van der Waals surface area contributed by atoms with Gasteiger partial charge in [0.05, 0.1) is 12.1 Å². The van der Waals surface area contributed by atoms with Crippen LogP contribution in [0.25, 0.3) is 0 Å². The molecule has 1 atom stereocenters.